The zero-order valence-corrected chi connectivity index (χ0v) is 14.5. The molecule has 6 heteroatoms. The minimum atomic E-state index is -0.491. The largest absolute Gasteiger partial charge is 0.507 e. The van der Waals surface area contributed by atoms with Crippen molar-refractivity contribution in [1.82, 2.24) is 5.43 Å². The number of benzene rings is 2. The van der Waals surface area contributed by atoms with Gasteiger partial charge in [-0.15, -0.1) is 0 Å². The highest BCUT2D eigenvalue weighted by molar-refractivity contribution is 9.12. The average molecular weight is 424 g/mol. The zero-order valence-electron chi connectivity index (χ0n) is 11.3. The van der Waals surface area contributed by atoms with Crippen molar-refractivity contribution < 1.29 is 9.90 Å². The van der Waals surface area contributed by atoms with E-state index in [9.17, 15) is 9.90 Å². The minimum Gasteiger partial charge on any atom is -0.507 e. The van der Waals surface area contributed by atoms with Crippen LogP contribution in [0.15, 0.2) is 62.6 Å². The van der Waals surface area contributed by atoms with E-state index in [0.717, 1.165) is 5.56 Å². The molecule has 0 aliphatic heterocycles. The van der Waals surface area contributed by atoms with Crippen LogP contribution in [-0.4, -0.2) is 17.2 Å². The number of hydrogen-bond donors (Lipinski definition) is 2. The number of halogens is 2. The molecule has 0 aromatic heterocycles. The van der Waals surface area contributed by atoms with E-state index in [0.29, 0.717) is 8.96 Å². The van der Waals surface area contributed by atoms with E-state index in [1.54, 1.807) is 6.07 Å². The molecule has 0 unspecified atom stereocenters. The number of amides is 1. The number of carbonyl (C=O) groups is 1. The van der Waals surface area contributed by atoms with Gasteiger partial charge in [0.2, 0.25) is 0 Å². The first-order valence-corrected chi connectivity index (χ1v) is 7.89. The van der Waals surface area contributed by atoms with Crippen molar-refractivity contribution in [3.63, 3.8) is 0 Å². The van der Waals surface area contributed by atoms with Crippen molar-refractivity contribution in [2.45, 2.75) is 0 Å². The van der Waals surface area contributed by atoms with E-state index < -0.39 is 5.91 Å². The van der Waals surface area contributed by atoms with E-state index >= 15 is 0 Å². The highest BCUT2D eigenvalue weighted by Crippen LogP contribution is 2.21. The number of phenolic OH excluding ortho intramolecular Hbond substituents is 1. The van der Waals surface area contributed by atoms with Crippen LogP contribution in [0.2, 0.25) is 0 Å². The molecule has 4 nitrogen and oxygen atoms in total. The Labute approximate surface area is 144 Å². The molecule has 1 amide bonds. The molecule has 0 atom stereocenters. The van der Waals surface area contributed by atoms with Crippen LogP contribution in [0.25, 0.3) is 6.08 Å². The van der Waals surface area contributed by atoms with Gasteiger partial charge in [-0.25, -0.2) is 5.43 Å². The maximum absolute atomic E-state index is 11.9. The molecule has 0 fully saturated rings. The molecule has 0 spiro atoms. The van der Waals surface area contributed by atoms with Crippen LogP contribution in [0.4, 0.5) is 0 Å². The van der Waals surface area contributed by atoms with Crippen LogP contribution in [0.5, 0.6) is 5.75 Å². The Hall–Kier alpha value is -1.92. The molecule has 22 heavy (non-hydrogen) atoms. The van der Waals surface area contributed by atoms with E-state index in [2.05, 4.69) is 42.4 Å². The number of phenols is 1. The molecule has 2 aromatic rings. The number of rotatable bonds is 4. The summed E-state index contributed by atoms with van der Waals surface area (Å²) in [6, 6.07) is 14.3. The maximum atomic E-state index is 11.9. The van der Waals surface area contributed by atoms with E-state index in [-0.39, 0.29) is 11.3 Å². The van der Waals surface area contributed by atoms with Crippen LogP contribution in [-0.2, 0) is 0 Å². The van der Waals surface area contributed by atoms with Crippen molar-refractivity contribution >= 4 is 50.1 Å². The van der Waals surface area contributed by atoms with Gasteiger partial charge < -0.3 is 5.11 Å². The minimum absolute atomic E-state index is 0.102. The quantitative estimate of drug-likeness (QED) is 0.568. The molecular formula is C16H12Br2N2O2. The molecule has 0 aliphatic carbocycles. The van der Waals surface area contributed by atoms with Gasteiger partial charge in [0.05, 0.1) is 11.8 Å². The van der Waals surface area contributed by atoms with Crippen LogP contribution >= 0.6 is 31.9 Å². The molecule has 0 saturated heterocycles. The van der Waals surface area contributed by atoms with Crippen LogP contribution in [0.3, 0.4) is 0 Å². The highest BCUT2D eigenvalue weighted by Gasteiger charge is 2.10. The Kier molecular flexibility index (Phi) is 5.91. The van der Waals surface area contributed by atoms with Crippen molar-refractivity contribution in [2.24, 2.45) is 5.10 Å². The second kappa shape index (κ2) is 7.91. The number of hydrazone groups is 1. The van der Waals surface area contributed by atoms with Gasteiger partial charge in [-0.05, 0) is 45.8 Å². The predicted molar refractivity (Wildman–Crippen MR) is 95.1 cm³/mol. The second-order valence-corrected chi connectivity index (χ2v) is 6.13. The zero-order chi connectivity index (χ0) is 15.9. The average Bonchev–Trinajstić information content (AvgIpc) is 2.50. The fourth-order valence-corrected chi connectivity index (χ4v) is 2.38. The number of carbonyl (C=O) groups excluding carboxylic acids is 1. The summed E-state index contributed by atoms with van der Waals surface area (Å²) in [6.07, 6.45) is 3.34. The Balaban J connectivity index is 2.01. The summed E-state index contributed by atoms with van der Waals surface area (Å²) in [7, 11) is 0. The third-order valence-corrected chi connectivity index (χ3v) is 3.59. The third kappa shape index (κ3) is 4.82. The summed E-state index contributed by atoms with van der Waals surface area (Å²) in [5.41, 5.74) is 3.52. The fraction of sp³-hybridized carbons (Fsp3) is 0. The van der Waals surface area contributed by atoms with Gasteiger partial charge in [0, 0.05) is 8.96 Å². The monoisotopic (exact) mass is 422 g/mol. The van der Waals surface area contributed by atoms with E-state index in [4.69, 9.17) is 0 Å². The molecule has 2 rings (SSSR count). The summed E-state index contributed by atoms with van der Waals surface area (Å²) in [5.74, 6) is -0.593. The number of hydrogen-bond acceptors (Lipinski definition) is 3. The van der Waals surface area contributed by atoms with Gasteiger partial charge in [-0.1, -0.05) is 46.3 Å². The molecule has 0 bridgehead atoms. The van der Waals surface area contributed by atoms with Gasteiger partial charge in [0.1, 0.15) is 5.75 Å². The Morgan fingerprint density at radius 1 is 1.18 bits per heavy atom. The lowest BCUT2D eigenvalue weighted by atomic mass is 10.2. The summed E-state index contributed by atoms with van der Waals surface area (Å²) >= 11 is 6.60. The molecule has 0 saturated carbocycles. The number of aromatic hydroxyl groups is 1. The van der Waals surface area contributed by atoms with Crippen molar-refractivity contribution in [1.29, 1.82) is 0 Å². The summed E-state index contributed by atoms with van der Waals surface area (Å²) in [5, 5.41) is 13.5. The Bertz CT molecular complexity index is 728. The SMILES string of the molecule is O=C(NN=C/C(Br)=C\c1ccccc1)c1cc(Br)ccc1O. The van der Waals surface area contributed by atoms with Gasteiger partial charge in [-0.2, -0.15) is 5.10 Å². The lowest BCUT2D eigenvalue weighted by Gasteiger charge is -2.03. The van der Waals surface area contributed by atoms with Crippen molar-refractivity contribution in [2.75, 3.05) is 0 Å². The topological polar surface area (TPSA) is 61.7 Å². The maximum Gasteiger partial charge on any atom is 0.275 e. The first-order chi connectivity index (χ1) is 10.6. The normalized spacial score (nSPS) is 11.6. The predicted octanol–water partition coefficient (Wildman–Crippen LogP) is 4.31. The molecule has 0 heterocycles. The highest BCUT2D eigenvalue weighted by atomic mass is 79.9. The lowest BCUT2D eigenvalue weighted by Crippen LogP contribution is -2.17. The molecule has 0 aliphatic rings. The first kappa shape index (κ1) is 16.5. The van der Waals surface area contributed by atoms with Gasteiger partial charge >= 0.3 is 0 Å². The molecular weight excluding hydrogens is 412 g/mol. The number of nitrogens with one attached hydrogen (secondary N) is 1. The van der Waals surface area contributed by atoms with Gasteiger partial charge in [-0.3, -0.25) is 4.79 Å². The molecule has 112 valence electrons. The third-order valence-electron chi connectivity index (χ3n) is 2.66. The Morgan fingerprint density at radius 3 is 2.64 bits per heavy atom. The summed E-state index contributed by atoms with van der Waals surface area (Å²) in [4.78, 5) is 11.9. The van der Waals surface area contributed by atoms with Gasteiger partial charge in [0.15, 0.2) is 0 Å². The molecule has 0 radical (unpaired) electrons. The van der Waals surface area contributed by atoms with Gasteiger partial charge in [0.25, 0.3) is 5.91 Å². The van der Waals surface area contributed by atoms with Crippen molar-refractivity contribution in [3.05, 3.63) is 68.6 Å². The molecule has 2 N–H and O–H groups in total. The Morgan fingerprint density at radius 2 is 1.91 bits per heavy atom. The fourth-order valence-electron chi connectivity index (χ4n) is 1.65. The standard InChI is InChI=1S/C16H12Br2N2O2/c17-12-6-7-15(21)14(9-12)16(22)20-19-10-13(18)8-11-4-2-1-3-5-11/h1-10,21H,(H,20,22)/b13-8+,19-10?. The first-order valence-electron chi connectivity index (χ1n) is 6.30. The number of allylic oxidation sites excluding steroid dienone is 1. The van der Waals surface area contributed by atoms with E-state index in [1.165, 1.54) is 18.3 Å². The van der Waals surface area contributed by atoms with E-state index in [1.807, 2.05) is 36.4 Å². The van der Waals surface area contributed by atoms with Crippen LogP contribution in [0.1, 0.15) is 15.9 Å². The summed E-state index contributed by atoms with van der Waals surface area (Å²) < 4.78 is 1.40. The number of nitrogens with zero attached hydrogens (tertiary/aromatic N) is 1. The summed E-state index contributed by atoms with van der Waals surface area (Å²) in [6.45, 7) is 0. The lowest BCUT2D eigenvalue weighted by molar-refractivity contribution is 0.0952. The van der Waals surface area contributed by atoms with Crippen LogP contribution in [0, 0.1) is 0 Å². The second-order valence-electron chi connectivity index (χ2n) is 4.30. The van der Waals surface area contributed by atoms with Crippen LogP contribution < -0.4 is 5.43 Å². The smallest absolute Gasteiger partial charge is 0.275 e. The van der Waals surface area contributed by atoms with Crippen molar-refractivity contribution in [3.8, 4) is 5.75 Å². The molecule has 2 aromatic carbocycles.